The lowest BCUT2D eigenvalue weighted by molar-refractivity contribution is -0.119. The van der Waals surface area contributed by atoms with Crippen molar-refractivity contribution in [1.82, 2.24) is 9.88 Å². The predicted octanol–water partition coefficient (Wildman–Crippen LogP) is 5.95. The molecule has 0 spiro atoms. The first-order chi connectivity index (χ1) is 19.3. The van der Waals surface area contributed by atoms with Crippen molar-refractivity contribution in [2.45, 2.75) is 12.5 Å². The zero-order valence-electron chi connectivity index (χ0n) is 21.4. The van der Waals surface area contributed by atoms with E-state index in [0.29, 0.717) is 34.1 Å². The fourth-order valence-electron chi connectivity index (χ4n) is 4.60. The van der Waals surface area contributed by atoms with Crippen LogP contribution in [-0.2, 0) is 11.2 Å². The van der Waals surface area contributed by atoms with Gasteiger partial charge in [0.05, 0.1) is 29.6 Å². The Labute approximate surface area is 241 Å². The third-order valence-corrected chi connectivity index (χ3v) is 6.83. The van der Waals surface area contributed by atoms with Crippen LogP contribution in [0, 0.1) is 0 Å². The molecule has 1 aliphatic rings. The van der Waals surface area contributed by atoms with E-state index in [0.717, 1.165) is 22.2 Å². The van der Waals surface area contributed by atoms with Crippen LogP contribution in [0.3, 0.4) is 0 Å². The molecule has 0 radical (unpaired) electrons. The summed E-state index contributed by atoms with van der Waals surface area (Å²) in [4.78, 5) is 23.4. The molecule has 0 saturated heterocycles. The van der Waals surface area contributed by atoms with Gasteiger partial charge in [0.25, 0.3) is 0 Å². The average molecular weight is 573 g/mol. The number of aromatic amines is 1. The summed E-state index contributed by atoms with van der Waals surface area (Å²) >= 11 is 12.1. The van der Waals surface area contributed by atoms with Crippen LogP contribution < -0.4 is 21.9 Å². The van der Waals surface area contributed by atoms with Gasteiger partial charge < -0.3 is 20.9 Å². The first-order valence-corrected chi connectivity index (χ1v) is 13.2. The van der Waals surface area contributed by atoms with Gasteiger partial charge in [-0.3, -0.25) is 9.80 Å². The molecular weight excluding hydrogens is 545 g/mol. The standard InChI is InChI=1S/C30H27Cl2N7O/c1-19-14-26(23-16-21(31)10-11-27(23)39(34)17-29(32)33)36-18-38(19)28(15-20-6-3-2-4-7-20)30(40)37-25-9-5-8-24-22(25)12-13-35-24/h2-14,16-18,28,35H,1,15,33-34H2,(H,37,40)/b29-17-. The quantitative estimate of drug-likeness (QED) is 0.118. The summed E-state index contributed by atoms with van der Waals surface area (Å²) in [5, 5.41) is 5.85. The van der Waals surface area contributed by atoms with Crippen molar-refractivity contribution in [2.24, 2.45) is 16.6 Å². The van der Waals surface area contributed by atoms with E-state index in [1.807, 2.05) is 60.8 Å². The molecule has 0 bridgehead atoms. The van der Waals surface area contributed by atoms with Gasteiger partial charge in [-0.05, 0) is 48.0 Å². The number of nitrogens with two attached hydrogens (primary N) is 2. The normalized spacial score (nSPS) is 14.3. The number of benzene rings is 3. The van der Waals surface area contributed by atoms with Gasteiger partial charge in [-0.1, -0.05) is 66.2 Å². The van der Waals surface area contributed by atoms with Crippen molar-refractivity contribution in [3.8, 4) is 0 Å². The van der Waals surface area contributed by atoms with Crippen LogP contribution in [-0.4, -0.2) is 28.2 Å². The van der Waals surface area contributed by atoms with Gasteiger partial charge in [-0.25, -0.2) is 10.8 Å². The van der Waals surface area contributed by atoms with Crippen molar-refractivity contribution >= 4 is 63.4 Å². The number of hydrogen-bond acceptors (Lipinski definition) is 6. The van der Waals surface area contributed by atoms with Crippen molar-refractivity contribution in [1.29, 1.82) is 0 Å². The van der Waals surface area contributed by atoms with E-state index < -0.39 is 6.04 Å². The Balaban J connectivity index is 1.46. The number of fused-ring (bicyclic) bond motifs is 1. The molecule has 4 aromatic rings. The van der Waals surface area contributed by atoms with Crippen LogP contribution in [0.1, 0.15) is 11.1 Å². The maximum atomic E-state index is 13.8. The lowest BCUT2D eigenvalue weighted by atomic mass is 10.0. The number of allylic oxidation sites excluding steroid dienone is 1. The van der Waals surface area contributed by atoms with E-state index in [2.05, 4.69) is 21.9 Å². The van der Waals surface area contributed by atoms with Crippen LogP contribution >= 0.6 is 23.2 Å². The first kappa shape index (κ1) is 27.1. The smallest absolute Gasteiger partial charge is 0.247 e. The molecule has 0 fully saturated rings. The summed E-state index contributed by atoms with van der Waals surface area (Å²) in [7, 11) is 0. The maximum Gasteiger partial charge on any atom is 0.247 e. The average Bonchev–Trinajstić information content (AvgIpc) is 3.42. The van der Waals surface area contributed by atoms with Crippen LogP contribution in [0.25, 0.3) is 16.6 Å². The summed E-state index contributed by atoms with van der Waals surface area (Å²) in [6, 6.07) is 22.0. The highest BCUT2D eigenvalue weighted by atomic mass is 35.5. The predicted molar refractivity (Wildman–Crippen MR) is 165 cm³/mol. The molecule has 202 valence electrons. The largest absolute Gasteiger partial charge is 0.388 e. The molecule has 5 rings (SSSR count). The van der Waals surface area contributed by atoms with Crippen LogP contribution in [0.15, 0.2) is 114 Å². The van der Waals surface area contributed by atoms with Gasteiger partial charge in [-0.15, -0.1) is 0 Å². The minimum Gasteiger partial charge on any atom is -0.388 e. The van der Waals surface area contributed by atoms with Crippen LogP contribution in [0.2, 0.25) is 5.02 Å². The number of halogens is 2. The molecule has 10 heteroatoms. The monoisotopic (exact) mass is 571 g/mol. The minimum atomic E-state index is -0.630. The molecular formula is C30H27Cl2N7O. The Morgan fingerprint density at radius 3 is 2.70 bits per heavy atom. The van der Waals surface area contributed by atoms with Crippen molar-refractivity contribution in [3.05, 3.63) is 125 Å². The highest BCUT2D eigenvalue weighted by molar-refractivity contribution is 6.31. The number of rotatable bonds is 8. The number of hydrazine groups is 1. The van der Waals surface area contributed by atoms with E-state index in [4.69, 9.17) is 34.8 Å². The molecule has 0 saturated carbocycles. The number of anilines is 2. The van der Waals surface area contributed by atoms with Gasteiger partial charge in [0.2, 0.25) is 5.91 Å². The van der Waals surface area contributed by atoms with Gasteiger partial charge in [0, 0.05) is 39.8 Å². The number of nitrogens with one attached hydrogen (secondary N) is 2. The van der Waals surface area contributed by atoms with Crippen molar-refractivity contribution in [3.63, 3.8) is 0 Å². The lowest BCUT2D eigenvalue weighted by Crippen LogP contribution is -2.44. The van der Waals surface area contributed by atoms with E-state index in [-0.39, 0.29) is 11.1 Å². The number of H-pyrrole nitrogens is 1. The highest BCUT2D eigenvalue weighted by Gasteiger charge is 2.29. The SMILES string of the molecule is C=C1C=C(c2cc(Cl)ccc2N(N)/C=C(\N)Cl)N=CN1C(Cc1ccccc1)C(=O)Nc1cccc2[nH]ccc12. The van der Waals surface area contributed by atoms with E-state index in [9.17, 15) is 4.79 Å². The zero-order valence-corrected chi connectivity index (χ0v) is 22.9. The number of amides is 1. The maximum absolute atomic E-state index is 13.8. The summed E-state index contributed by atoms with van der Waals surface area (Å²) < 4.78 is 0. The molecule has 1 aromatic heterocycles. The van der Waals surface area contributed by atoms with E-state index in [1.165, 1.54) is 11.2 Å². The summed E-state index contributed by atoms with van der Waals surface area (Å²) in [6.07, 6.45) is 7.06. The van der Waals surface area contributed by atoms with E-state index in [1.54, 1.807) is 35.5 Å². The number of aromatic nitrogens is 1. The number of carbonyl (C=O) groups excluding carboxylic acids is 1. The fourth-order valence-corrected chi connectivity index (χ4v) is 4.88. The second-order valence-electron chi connectivity index (χ2n) is 9.19. The Hall–Kier alpha value is -4.50. The minimum absolute atomic E-state index is 0.0187. The van der Waals surface area contributed by atoms with Crippen LogP contribution in [0.5, 0.6) is 0 Å². The fraction of sp³-hybridized carbons (Fsp3) is 0.0667. The van der Waals surface area contributed by atoms with E-state index >= 15 is 0 Å². The highest BCUT2D eigenvalue weighted by Crippen LogP contribution is 2.33. The second-order valence-corrected chi connectivity index (χ2v) is 10.1. The summed E-state index contributed by atoms with van der Waals surface area (Å²) in [6.45, 7) is 4.25. The third-order valence-electron chi connectivity index (χ3n) is 6.49. The lowest BCUT2D eigenvalue weighted by Gasteiger charge is -2.32. The molecule has 0 aliphatic carbocycles. The Morgan fingerprint density at radius 1 is 1.15 bits per heavy atom. The third kappa shape index (κ3) is 5.89. The number of aliphatic imine (C=N–C) groups is 1. The van der Waals surface area contributed by atoms with Crippen LogP contribution in [0.4, 0.5) is 11.4 Å². The molecule has 2 heterocycles. The second kappa shape index (κ2) is 11.7. The Morgan fingerprint density at radius 2 is 1.95 bits per heavy atom. The van der Waals surface area contributed by atoms with Crippen molar-refractivity contribution < 1.29 is 4.79 Å². The van der Waals surface area contributed by atoms with Gasteiger partial charge in [-0.2, -0.15) is 0 Å². The number of carbonyl (C=O) groups is 1. The molecule has 6 N–H and O–H groups in total. The van der Waals surface area contributed by atoms with Gasteiger partial charge in [0.15, 0.2) is 0 Å². The number of hydrogen-bond donors (Lipinski definition) is 4. The molecule has 1 aliphatic heterocycles. The molecule has 1 atom stereocenters. The van der Waals surface area contributed by atoms with Gasteiger partial charge >= 0.3 is 0 Å². The molecule has 1 amide bonds. The number of nitrogens with zero attached hydrogens (tertiary/aromatic N) is 3. The molecule has 3 aromatic carbocycles. The molecule has 8 nitrogen and oxygen atoms in total. The topological polar surface area (TPSA) is 116 Å². The van der Waals surface area contributed by atoms with Crippen molar-refractivity contribution in [2.75, 3.05) is 10.3 Å². The summed E-state index contributed by atoms with van der Waals surface area (Å²) in [5.41, 5.74) is 10.6. The van der Waals surface area contributed by atoms with Gasteiger partial charge in [0.1, 0.15) is 11.2 Å². The molecule has 40 heavy (non-hydrogen) atoms. The molecule has 1 unspecified atom stereocenters. The Kier molecular flexibility index (Phi) is 7.93. The zero-order chi connectivity index (χ0) is 28.2. The first-order valence-electron chi connectivity index (χ1n) is 12.4. The Bertz CT molecular complexity index is 1660. The summed E-state index contributed by atoms with van der Waals surface area (Å²) in [5.74, 6) is 5.98.